The lowest BCUT2D eigenvalue weighted by Crippen LogP contribution is -2.10. The zero-order valence-electron chi connectivity index (χ0n) is 50.7. The highest BCUT2D eigenvalue weighted by Crippen LogP contribution is 2.44. The highest BCUT2D eigenvalue weighted by atomic mass is 16.4. The van der Waals surface area contributed by atoms with Gasteiger partial charge in [-0.25, -0.2) is 9.97 Å². The fourth-order valence-corrected chi connectivity index (χ4v) is 12.1. The van der Waals surface area contributed by atoms with Gasteiger partial charge in [0.2, 0.25) is 23.6 Å². The van der Waals surface area contributed by atoms with Crippen molar-refractivity contribution in [3.63, 3.8) is 0 Å². The van der Waals surface area contributed by atoms with Crippen molar-refractivity contribution in [2.24, 2.45) is 0 Å². The molecule has 3 heterocycles. The summed E-state index contributed by atoms with van der Waals surface area (Å²) in [6.45, 7) is 0. The molecule has 13 aromatic carbocycles. The summed E-state index contributed by atoms with van der Waals surface area (Å²) >= 11 is 0. The van der Waals surface area contributed by atoms with E-state index in [0.717, 1.165) is 134 Å². The summed E-state index contributed by atoms with van der Waals surface area (Å²) in [5.41, 5.74) is 22.6. The van der Waals surface area contributed by atoms with Crippen LogP contribution in [0.25, 0.3) is 124 Å². The minimum absolute atomic E-state index is 0.447. The van der Waals surface area contributed by atoms with Crippen molar-refractivity contribution in [2.45, 2.75) is 0 Å². The quantitative estimate of drug-likeness (QED) is 0.0927. The Morgan fingerprint density at radius 2 is 0.394 bits per heavy atom. The summed E-state index contributed by atoms with van der Waals surface area (Å²) in [7, 11) is 0. The third kappa shape index (κ3) is 11.4. The summed E-state index contributed by atoms with van der Waals surface area (Å²) in [4.78, 5) is 16.2. The van der Waals surface area contributed by atoms with E-state index in [-0.39, 0.29) is 0 Å². The average Bonchev–Trinajstić information content (AvgIpc) is 0.870. The lowest BCUT2D eigenvalue weighted by atomic mass is 9.94. The Balaban J connectivity index is 0.824. The molecule has 16 rings (SSSR count). The number of aromatic nitrogens is 6. The van der Waals surface area contributed by atoms with Crippen LogP contribution < -0.4 is 9.80 Å². The van der Waals surface area contributed by atoms with Gasteiger partial charge in [-0.15, -0.1) is 20.4 Å². The van der Waals surface area contributed by atoms with Crippen LogP contribution in [0.1, 0.15) is 0 Å². The van der Waals surface area contributed by atoms with Crippen molar-refractivity contribution in [2.75, 3.05) is 9.80 Å². The topological polar surface area (TPSA) is 110 Å². The molecule has 0 aliphatic heterocycles. The van der Waals surface area contributed by atoms with Crippen LogP contribution in [-0.4, -0.2) is 30.4 Å². The summed E-state index contributed by atoms with van der Waals surface area (Å²) in [6.07, 6.45) is 0. The molecule has 0 bridgehead atoms. The number of para-hydroxylation sites is 2. The molecule has 0 saturated carbocycles. The number of rotatable bonds is 16. The van der Waals surface area contributed by atoms with Crippen molar-refractivity contribution < 1.29 is 8.83 Å². The molecule has 0 spiro atoms. The van der Waals surface area contributed by atoms with Crippen LogP contribution in [0.2, 0.25) is 0 Å². The Labute approximate surface area is 543 Å². The van der Waals surface area contributed by atoms with Crippen molar-refractivity contribution in [3.05, 3.63) is 340 Å². The van der Waals surface area contributed by atoms with Crippen LogP contribution in [-0.2, 0) is 0 Å². The molecular weight excluding hydrogens is 1150 g/mol. The molecule has 3 aromatic heterocycles. The fourth-order valence-electron chi connectivity index (χ4n) is 12.1. The van der Waals surface area contributed by atoms with Crippen molar-refractivity contribution in [1.29, 1.82) is 0 Å². The largest absolute Gasteiger partial charge is 0.416 e. The maximum absolute atomic E-state index is 6.18. The van der Waals surface area contributed by atoms with Crippen LogP contribution in [0.5, 0.6) is 0 Å². The molecule has 0 unspecified atom stereocenters. The van der Waals surface area contributed by atoms with Crippen LogP contribution >= 0.6 is 0 Å². The summed E-state index contributed by atoms with van der Waals surface area (Å²) < 4.78 is 12.4. The summed E-state index contributed by atoms with van der Waals surface area (Å²) in [6, 6.07) is 117. The van der Waals surface area contributed by atoms with E-state index in [9.17, 15) is 0 Å². The van der Waals surface area contributed by atoms with Gasteiger partial charge in [-0.05, 0) is 155 Å². The minimum atomic E-state index is 0.447. The Morgan fingerprint density at radius 1 is 0.181 bits per heavy atom. The van der Waals surface area contributed by atoms with E-state index in [1.807, 2.05) is 109 Å². The molecule has 0 aliphatic rings. The molecule has 94 heavy (non-hydrogen) atoms. The molecule has 0 radical (unpaired) electrons. The van der Waals surface area contributed by atoms with E-state index in [0.29, 0.717) is 23.6 Å². The molecule has 0 amide bonds. The highest BCUT2D eigenvalue weighted by Gasteiger charge is 2.23. The third-order valence-electron chi connectivity index (χ3n) is 16.9. The van der Waals surface area contributed by atoms with Gasteiger partial charge in [0.25, 0.3) is 0 Å². The second-order valence-electron chi connectivity index (χ2n) is 22.8. The maximum atomic E-state index is 6.18. The second kappa shape index (κ2) is 25.2. The van der Waals surface area contributed by atoms with Gasteiger partial charge in [0.15, 0.2) is 0 Å². The van der Waals surface area contributed by atoms with Gasteiger partial charge in [0.1, 0.15) is 0 Å². The van der Waals surface area contributed by atoms with Crippen LogP contribution in [0.3, 0.4) is 0 Å². The van der Waals surface area contributed by atoms with Gasteiger partial charge in [-0.2, -0.15) is 0 Å². The molecule has 0 fully saturated rings. The first-order valence-electron chi connectivity index (χ1n) is 31.1. The van der Waals surface area contributed by atoms with Crippen LogP contribution in [0.15, 0.2) is 349 Å². The van der Waals surface area contributed by atoms with E-state index >= 15 is 0 Å². The first kappa shape index (κ1) is 56.3. The summed E-state index contributed by atoms with van der Waals surface area (Å²) in [5, 5.41) is 17.6. The van der Waals surface area contributed by atoms with E-state index in [2.05, 4.69) is 261 Å². The lowest BCUT2D eigenvalue weighted by molar-refractivity contribution is 0.584. The Bertz CT molecular complexity index is 4900. The maximum Gasteiger partial charge on any atom is 0.248 e. The molecule has 16 aromatic rings. The molecule has 0 saturated heterocycles. The zero-order valence-corrected chi connectivity index (χ0v) is 50.7. The smallest absolute Gasteiger partial charge is 0.248 e. The first-order chi connectivity index (χ1) is 46.6. The molecule has 0 atom stereocenters. The van der Waals surface area contributed by atoms with E-state index in [4.69, 9.17) is 18.8 Å². The Kier molecular flexibility index (Phi) is 15.1. The number of nitrogens with zero attached hydrogens (tertiary/aromatic N) is 8. The average molecular weight is 1210 g/mol. The first-order valence-corrected chi connectivity index (χ1v) is 31.1. The van der Waals surface area contributed by atoms with Gasteiger partial charge in [-0.1, -0.05) is 218 Å². The normalized spacial score (nSPS) is 11.2. The number of hydrogen-bond donors (Lipinski definition) is 0. The minimum Gasteiger partial charge on any atom is -0.416 e. The Morgan fingerprint density at radius 3 is 0.691 bits per heavy atom. The second-order valence-corrected chi connectivity index (χ2v) is 22.8. The molecule has 0 N–H and O–H groups in total. The SMILES string of the molecule is c1ccc(-c2ccc(-c3ccc(-c4ccc(-c5ccccc5)cc4)c4nc(-c5ccc(N(c6ccccc6)c6ccc(-c7nnc(-c8ccccc8)o7)cc6)cc5)c(-c5ccc(N(c6ccccc6)c6ccc(-c7nnc(-c8ccccc8)o7)cc6)cc5)nc34)cc2)cc1. The van der Waals surface area contributed by atoms with E-state index < -0.39 is 0 Å². The lowest BCUT2D eigenvalue weighted by Gasteiger charge is -2.26. The third-order valence-corrected chi connectivity index (χ3v) is 16.9. The van der Waals surface area contributed by atoms with Gasteiger partial charge in [-0.3, -0.25) is 0 Å². The predicted octanol–water partition coefficient (Wildman–Crippen LogP) is 22.0. The number of hydrogen-bond acceptors (Lipinski definition) is 10. The molecule has 0 aliphatic carbocycles. The number of fused-ring (bicyclic) bond motifs is 1. The van der Waals surface area contributed by atoms with Crippen LogP contribution in [0.4, 0.5) is 34.1 Å². The Hall–Kier alpha value is -12.9. The zero-order chi connectivity index (χ0) is 62.6. The summed E-state index contributed by atoms with van der Waals surface area (Å²) in [5.74, 6) is 1.84. The van der Waals surface area contributed by atoms with Gasteiger partial charge in [0, 0.05) is 78.6 Å². The predicted molar refractivity (Wildman–Crippen MR) is 379 cm³/mol. The van der Waals surface area contributed by atoms with Gasteiger partial charge in [0.05, 0.1) is 22.4 Å². The van der Waals surface area contributed by atoms with Gasteiger partial charge < -0.3 is 18.6 Å². The molecule has 444 valence electrons. The molecule has 10 nitrogen and oxygen atoms in total. The van der Waals surface area contributed by atoms with E-state index in [1.165, 1.54) is 0 Å². The van der Waals surface area contributed by atoms with Crippen LogP contribution in [0, 0.1) is 0 Å². The van der Waals surface area contributed by atoms with Crippen molar-refractivity contribution >= 4 is 45.2 Å². The molecular formula is C84H56N8O2. The van der Waals surface area contributed by atoms with E-state index in [1.54, 1.807) is 0 Å². The van der Waals surface area contributed by atoms with Crippen molar-refractivity contribution in [3.8, 4) is 113 Å². The highest BCUT2D eigenvalue weighted by molar-refractivity contribution is 6.03. The number of anilines is 6. The molecule has 10 heteroatoms. The fraction of sp³-hybridized carbons (Fsp3) is 0. The van der Waals surface area contributed by atoms with Crippen molar-refractivity contribution in [1.82, 2.24) is 30.4 Å². The monoisotopic (exact) mass is 1210 g/mol. The number of benzene rings is 13. The van der Waals surface area contributed by atoms with Gasteiger partial charge >= 0.3 is 0 Å². The standard InChI is InChI=1S/C84H56N8O2/c1-7-19-57(20-8-1)59-31-35-61(36-32-59)75-55-56-76(62-37-33-60(34-38-62)58-21-9-2-10-22-58)80-79(75)85-77(63-39-47-71(48-40-63)91(69-27-15-5-16-28-69)73-51-43-67(44-52-73)83-89-87-81(93-83)65-23-11-3-12-24-65)78(86-80)64-41-49-72(50-42-64)92(70-29-17-6-18-30-70)74-53-45-68(46-54-74)84-90-88-82(94-84)66-25-13-4-14-26-66/h1-56H.